The second kappa shape index (κ2) is 8.05. The largest absolute Gasteiger partial charge is 0.310 e. The molecule has 1 N–H and O–H groups in total. The molecule has 160 valence electrons. The summed E-state index contributed by atoms with van der Waals surface area (Å²) in [6.45, 7) is 2.07. The molecule has 0 saturated heterocycles. The molecule has 0 unspecified atom stereocenters. The SMILES string of the molecule is Cc1ccccc1Cc1nc2c(c(=O)[nH]1)CN(S(=O)(=O)c1ccc([N+](=O)[O-])cc1)CC2. The molecule has 1 aromatic heterocycles. The van der Waals surface area contributed by atoms with Gasteiger partial charge in [-0.2, -0.15) is 4.31 Å². The summed E-state index contributed by atoms with van der Waals surface area (Å²) in [7, 11) is -3.90. The Bertz CT molecular complexity index is 1320. The first kappa shape index (κ1) is 20.9. The maximum atomic E-state index is 13.0. The monoisotopic (exact) mass is 440 g/mol. The second-order valence-electron chi connectivity index (χ2n) is 7.38. The van der Waals surface area contributed by atoms with Gasteiger partial charge in [0.15, 0.2) is 0 Å². The van der Waals surface area contributed by atoms with Crippen LogP contribution in [0, 0.1) is 17.0 Å². The van der Waals surface area contributed by atoms with Crippen LogP contribution in [-0.2, 0) is 29.4 Å². The maximum Gasteiger partial charge on any atom is 0.269 e. The Labute approximate surface area is 178 Å². The summed E-state index contributed by atoms with van der Waals surface area (Å²) >= 11 is 0. The van der Waals surface area contributed by atoms with E-state index < -0.39 is 14.9 Å². The second-order valence-corrected chi connectivity index (χ2v) is 9.32. The van der Waals surface area contributed by atoms with Crippen molar-refractivity contribution in [3.63, 3.8) is 0 Å². The number of nitrogens with one attached hydrogen (secondary N) is 1. The lowest BCUT2D eigenvalue weighted by Crippen LogP contribution is -2.39. The zero-order chi connectivity index (χ0) is 22.2. The number of sulfonamides is 1. The van der Waals surface area contributed by atoms with Crippen LogP contribution >= 0.6 is 0 Å². The van der Waals surface area contributed by atoms with Gasteiger partial charge in [-0.1, -0.05) is 24.3 Å². The molecule has 1 aliphatic heterocycles. The van der Waals surface area contributed by atoms with Gasteiger partial charge < -0.3 is 4.98 Å². The Balaban J connectivity index is 1.59. The number of fused-ring (bicyclic) bond motifs is 1. The highest BCUT2D eigenvalue weighted by atomic mass is 32.2. The zero-order valence-corrected chi connectivity index (χ0v) is 17.6. The van der Waals surface area contributed by atoms with Crippen LogP contribution in [0.25, 0.3) is 0 Å². The molecule has 0 spiro atoms. The quantitative estimate of drug-likeness (QED) is 0.479. The number of benzene rings is 2. The summed E-state index contributed by atoms with van der Waals surface area (Å²) < 4.78 is 27.1. The molecule has 10 heteroatoms. The van der Waals surface area contributed by atoms with Crippen LogP contribution < -0.4 is 5.56 Å². The number of rotatable bonds is 5. The minimum atomic E-state index is -3.90. The van der Waals surface area contributed by atoms with Crippen LogP contribution in [0.2, 0.25) is 0 Å². The molecule has 0 fully saturated rings. The molecule has 0 aliphatic carbocycles. The molecule has 0 amide bonds. The van der Waals surface area contributed by atoms with Gasteiger partial charge in [-0.3, -0.25) is 14.9 Å². The Kier molecular flexibility index (Phi) is 5.42. The molecule has 0 atom stereocenters. The third kappa shape index (κ3) is 4.12. The van der Waals surface area contributed by atoms with E-state index in [0.717, 1.165) is 23.3 Å². The predicted molar refractivity (Wildman–Crippen MR) is 113 cm³/mol. The summed E-state index contributed by atoms with van der Waals surface area (Å²) in [4.78, 5) is 30.2. The number of aromatic nitrogens is 2. The van der Waals surface area contributed by atoms with Gasteiger partial charge in [-0.25, -0.2) is 13.4 Å². The summed E-state index contributed by atoms with van der Waals surface area (Å²) in [5, 5.41) is 10.8. The Morgan fingerprint density at radius 3 is 2.55 bits per heavy atom. The Morgan fingerprint density at radius 2 is 1.87 bits per heavy atom. The molecule has 0 bridgehead atoms. The number of nitrogens with zero attached hydrogens (tertiary/aromatic N) is 3. The van der Waals surface area contributed by atoms with Crippen LogP contribution in [-0.4, -0.2) is 34.2 Å². The number of nitro benzene ring substituents is 1. The lowest BCUT2D eigenvalue weighted by atomic mass is 10.0. The normalized spacial score (nSPS) is 14.2. The molecule has 31 heavy (non-hydrogen) atoms. The van der Waals surface area contributed by atoms with Crippen LogP contribution in [0.15, 0.2) is 58.2 Å². The first-order valence-corrected chi connectivity index (χ1v) is 11.1. The van der Waals surface area contributed by atoms with Gasteiger partial charge in [0.2, 0.25) is 10.0 Å². The number of aromatic amines is 1. The predicted octanol–water partition coefficient (Wildman–Crippen LogP) is 2.32. The third-order valence-corrected chi connectivity index (χ3v) is 7.25. The molecule has 3 aromatic rings. The van der Waals surface area contributed by atoms with Crippen molar-refractivity contribution < 1.29 is 13.3 Å². The standard InChI is InChI=1S/C21H20N4O5S/c1-14-4-2-3-5-15(14)12-20-22-19-10-11-24(13-18(19)21(26)23-20)31(29,30)17-8-6-16(7-9-17)25(27)28/h2-9H,10-13H2,1H3,(H,22,23,26). The average molecular weight is 440 g/mol. The van der Waals surface area contributed by atoms with Gasteiger partial charge in [-0.05, 0) is 30.2 Å². The van der Waals surface area contributed by atoms with Gasteiger partial charge in [0.1, 0.15) is 5.82 Å². The number of aryl methyl sites for hydroxylation is 1. The van der Waals surface area contributed by atoms with Gasteiger partial charge >= 0.3 is 0 Å². The summed E-state index contributed by atoms with van der Waals surface area (Å²) in [6, 6.07) is 12.6. The average Bonchev–Trinajstić information content (AvgIpc) is 2.75. The number of non-ortho nitro benzene ring substituents is 1. The highest BCUT2D eigenvalue weighted by Gasteiger charge is 2.31. The van der Waals surface area contributed by atoms with Crippen molar-refractivity contribution in [1.29, 1.82) is 0 Å². The van der Waals surface area contributed by atoms with Crippen molar-refractivity contribution in [2.45, 2.75) is 31.2 Å². The van der Waals surface area contributed by atoms with Gasteiger partial charge in [0.25, 0.3) is 11.2 Å². The molecule has 2 heterocycles. The van der Waals surface area contributed by atoms with E-state index >= 15 is 0 Å². The van der Waals surface area contributed by atoms with Crippen molar-refractivity contribution in [3.8, 4) is 0 Å². The molecular formula is C21H20N4O5S. The van der Waals surface area contributed by atoms with Gasteiger partial charge in [0, 0.05) is 38.1 Å². The molecule has 0 radical (unpaired) electrons. The lowest BCUT2D eigenvalue weighted by molar-refractivity contribution is -0.384. The lowest BCUT2D eigenvalue weighted by Gasteiger charge is -2.27. The molecule has 9 nitrogen and oxygen atoms in total. The highest BCUT2D eigenvalue weighted by molar-refractivity contribution is 7.89. The first-order chi connectivity index (χ1) is 14.8. The van der Waals surface area contributed by atoms with Gasteiger partial charge in [0.05, 0.1) is 21.1 Å². The first-order valence-electron chi connectivity index (χ1n) is 9.66. The fourth-order valence-corrected chi connectivity index (χ4v) is 5.03. The topological polar surface area (TPSA) is 126 Å². The minimum absolute atomic E-state index is 0.0536. The van der Waals surface area contributed by atoms with E-state index in [1.807, 2.05) is 31.2 Å². The number of hydrogen-bond acceptors (Lipinski definition) is 6. The Morgan fingerprint density at radius 1 is 1.16 bits per heavy atom. The van der Waals surface area contributed by atoms with Crippen molar-refractivity contribution in [3.05, 3.63) is 97.2 Å². The maximum absolute atomic E-state index is 13.0. The number of nitro groups is 1. The van der Waals surface area contributed by atoms with E-state index in [4.69, 9.17) is 0 Å². The van der Waals surface area contributed by atoms with Crippen LogP contribution in [0.5, 0.6) is 0 Å². The fourth-order valence-electron chi connectivity index (χ4n) is 3.62. The molecule has 2 aromatic carbocycles. The van der Waals surface area contributed by atoms with E-state index in [9.17, 15) is 23.3 Å². The van der Waals surface area contributed by atoms with Crippen molar-refractivity contribution in [2.75, 3.05) is 6.54 Å². The number of H-pyrrole nitrogens is 1. The van der Waals surface area contributed by atoms with E-state index in [2.05, 4.69) is 9.97 Å². The number of hydrogen-bond donors (Lipinski definition) is 1. The van der Waals surface area contributed by atoms with E-state index in [1.165, 1.54) is 16.4 Å². The highest BCUT2D eigenvalue weighted by Crippen LogP contribution is 2.24. The zero-order valence-electron chi connectivity index (χ0n) is 16.7. The van der Waals surface area contributed by atoms with E-state index in [-0.39, 0.29) is 29.2 Å². The smallest absolute Gasteiger partial charge is 0.269 e. The Hall–Kier alpha value is -3.37. The summed E-state index contributed by atoms with van der Waals surface area (Å²) in [6.07, 6.45) is 0.798. The van der Waals surface area contributed by atoms with Gasteiger partial charge in [-0.15, -0.1) is 0 Å². The van der Waals surface area contributed by atoms with Crippen LogP contribution in [0.4, 0.5) is 5.69 Å². The molecule has 4 rings (SSSR count). The molecular weight excluding hydrogens is 420 g/mol. The van der Waals surface area contributed by atoms with E-state index in [1.54, 1.807) is 0 Å². The molecule has 0 saturated carbocycles. The fraction of sp³-hybridized carbons (Fsp3) is 0.238. The van der Waals surface area contributed by atoms with Crippen molar-refractivity contribution >= 4 is 15.7 Å². The summed E-state index contributed by atoms with van der Waals surface area (Å²) in [5.74, 6) is 0.546. The van der Waals surface area contributed by atoms with Crippen molar-refractivity contribution in [2.24, 2.45) is 0 Å². The summed E-state index contributed by atoms with van der Waals surface area (Å²) in [5.41, 5.74) is 2.54. The minimum Gasteiger partial charge on any atom is -0.310 e. The van der Waals surface area contributed by atoms with E-state index in [0.29, 0.717) is 29.9 Å². The van der Waals surface area contributed by atoms with Crippen LogP contribution in [0.1, 0.15) is 28.2 Å². The molecule has 1 aliphatic rings. The third-order valence-electron chi connectivity index (χ3n) is 5.39. The van der Waals surface area contributed by atoms with Crippen LogP contribution in [0.3, 0.4) is 0 Å². The van der Waals surface area contributed by atoms with Crippen molar-refractivity contribution in [1.82, 2.24) is 14.3 Å².